The standard InChI is InChI=1S/C20H14ClN3O4/c21-14-4-1-12(2-5-14)20-23-18(28-24-20)9-8-17(25)22-15-6-7-16-13(11-15)3-10-19(26)27-16/h1-7,10-11H,8-9H2,(H,22,25). The van der Waals surface area contributed by atoms with Crippen molar-refractivity contribution in [1.82, 2.24) is 10.1 Å². The van der Waals surface area contributed by atoms with Crippen molar-refractivity contribution in [2.75, 3.05) is 5.32 Å². The van der Waals surface area contributed by atoms with Crippen molar-refractivity contribution in [3.8, 4) is 11.4 Å². The summed E-state index contributed by atoms with van der Waals surface area (Å²) < 4.78 is 10.3. The molecule has 0 aliphatic carbocycles. The van der Waals surface area contributed by atoms with Gasteiger partial charge < -0.3 is 14.3 Å². The average molecular weight is 396 g/mol. The van der Waals surface area contributed by atoms with Gasteiger partial charge in [-0.15, -0.1) is 0 Å². The van der Waals surface area contributed by atoms with Gasteiger partial charge in [0.25, 0.3) is 0 Å². The van der Waals surface area contributed by atoms with Crippen LogP contribution < -0.4 is 10.9 Å². The zero-order chi connectivity index (χ0) is 19.5. The molecule has 1 amide bonds. The quantitative estimate of drug-likeness (QED) is 0.511. The van der Waals surface area contributed by atoms with Gasteiger partial charge in [0.1, 0.15) is 5.58 Å². The minimum Gasteiger partial charge on any atom is -0.423 e. The van der Waals surface area contributed by atoms with E-state index in [2.05, 4.69) is 15.5 Å². The molecule has 8 heteroatoms. The molecule has 1 N–H and O–H groups in total. The minimum absolute atomic E-state index is 0.185. The molecule has 2 aromatic heterocycles. The highest BCUT2D eigenvalue weighted by Crippen LogP contribution is 2.20. The highest BCUT2D eigenvalue weighted by atomic mass is 35.5. The molecule has 4 aromatic rings. The summed E-state index contributed by atoms with van der Waals surface area (Å²) in [6.07, 6.45) is 0.499. The minimum atomic E-state index is -0.415. The maximum absolute atomic E-state index is 12.2. The highest BCUT2D eigenvalue weighted by molar-refractivity contribution is 6.30. The number of amides is 1. The molecule has 0 aliphatic rings. The van der Waals surface area contributed by atoms with Crippen molar-refractivity contribution in [2.45, 2.75) is 12.8 Å². The van der Waals surface area contributed by atoms with Crippen LogP contribution in [-0.4, -0.2) is 16.0 Å². The Morgan fingerprint density at radius 1 is 1.07 bits per heavy atom. The van der Waals surface area contributed by atoms with Crippen molar-refractivity contribution in [2.24, 2.45) is 0 Å². The highest BCUT2D eigenvalue weighted by Gasteiger charge is 2.11. The first kappa shape index (κ1) is 17.9. The number of hydrogen-bond donors (Lipinski definition) is 1. The third-order valence-corrected chi connectivity index (χ3v) is 4.29. The molecular formula is C20H14ClN3O4. The summed E-state index contributed by atoms with van der Waals surface area (Å²) in [6, 6.07) is 15.1. The first-order valence-electron chi connectivity index (χ1n) is 8.49. The number of benzene rings is 2. The summed E-state index contributed by atoms with van der Waals surface area (Å²) >= 11 is 5.87. The molecule has 0 saturated carbocycles. The van der Waals surface area contributed by atoms with Crippen LogP contribution in [0.1, 0.15) is 12.3 Å². The van der Waals surface area contributed by atoms with Gasteiger partial charge in [-0.1, -0.05) is 16.8 Å². The van der Waals surface area contributed by atoms with E-state index in [-0.39, 0.29) is 12.3 Å². The Morgan fingerprint density at radius 2 is 1.89 bits per heavy atom. The van der Waals surface area contributed by atoms with E-state index in [1.165, 1.54) is 6.07 Å². The van der Waals surface area contributed by atoms with Crippen molar-refractivity contribution in [1.29, 1.82) is 0 Å². The number of nitrogens with one attached hydrogen (secondary N) is 1. The lowest BCUT2D eigenvalue weighted by molar-refractivity contribution is -0.116. The molecule has 2 aromatic carbocycles. The fourth-order valence-corrected chi connectivity index (χ4v) is 2.79. The SMILES string of the molecule is O=C(CCc1nc(-c2ccc(Cl)cc2)no1)Nc1ccc2oc(=O)ccc2c1. The second kappa shape index (κ2) is 7.66. The smallest absolute Gasteiger partial charge is 0.336 e. The molecule has 0 radical (unpaired) electrons. The molecule has 7 nitrogen and oxygen atoms in total. The van der Waals surface area contributed by atoms with Crippen LogP contribution in [0.3, 0.4) is 0 Å². The van der Waals surface area contributed by atoms with E-state index in [4.69, 9.17) is 20.5 Å². The lowest BCUT2D eigenvalue weighted by atomic mass is 10.2. The molecule has 0 fully saturated rings. The summed E-state index contributed by atoms with van der Waals surface area (Å²) in [7, 11) is 0. The van der Waals surface area contributed by atoms with Gasteiger partial charge in [-0.3, -0.25) is 4.79 Å². The number of aryl methyl sites for hydroxylation is 1. The van der Waals surface area contributed by atoms with E-state index in [9.17, 15) is 9.59 Å². The molecule has 4 rings (SSSR count). The Kier molecular flexibility index (Phi) is 4.90. The Morgan fingerprint density at radius 3 is 2.71 bits per heavy atom. The molecule has 0 saturated heterocycles. The number of fused-ring (bicyclic) bond motifs is 1. The maximum Gasteiger partial charge on any atom is 0.336 e. The third-order valence-electron chi connectivity index (χ3n) is 4.04. The van der Waals surface area contributed by atoms with Crippen molar-refractivity contribution in [3.63, 3.8) is 0 Å². The van der Waals surface area contributed by atoms with Gasteiger partial charge >= 0.3 is 5.63 Å². The van der Waals surface area contributed by atoms with E-state index in [1.807, 2.05) is 0 Å². The summed E-state index contributed by atoms with van der Waals surface area (Å²) in [6.45, 7) is 0. The Bertz CT molecular complexity index is 1200. The first-order valence-corrected chi connectivity index (χ1v) is 8.87. The van der Waals surface area contributed by atoms with Crippen molar-refractivity contribution >= 4 is 34.2 Å². The summed E-state index contributed by atoms with van der Waals surface area (Å²) in [4.78, 5) is 27.7. The lowest BCUT2D eigenvalue weighted by Gasteiger charge is -2.05. The largest absolute Gasteiger partial charge is 0.423 e. The van der Waals surface area contributed by atoms with Crippen LogP contribution >= 0.6 is 11.6 Å². The number of anilines is 1. The predicted octanol–water partition coefficient (Wildman–Crippen LogP) is 4.07. The fraction of sp³-hybridized carbons (Fsp3) is 0.100. The van der Waals surface area contributed by atoms with Gasteiger partial charge in [0.2, 0.25) is 17.6 Å². The van der Waals surface area contributed by atoms with Gasteiger partial charge in [-0.25, -0.2) is 4.79 Å². The summed E-state index contributed by atoms with van der Waals surface area (Å²) in [5.74, 6) is 0.631. The molecule has 0 spiro atoms. The van der Waals surface area contributed by atoms with E-state index in [1.54, 1.807) is 48.5 Å². The van der Waals surface area contributed by atoms with Gasteiger partial charge in [-0.2, -0.15) is 4.98 Å². The number of hydrogen-bond acceptors (Lipinski definition) is 6. The van der Waals surface area contributed by atoms with E-state index in [0.717, 1.165) is 10.9 Å². The van der Waals surface area contributed by atoms with Crippen molar-refractivity contribution < 1.29 is 13.7 Å². The van der Waals surface area contributed by atoms with E-state index < -0.39 is 5.63 Å². The number of rotatable bonds is 5. The average Bonchev–Trinajstić information content (AvgIpc) is 3.16. The number of carbonyl (C=O) groups excluding carboxylic acids is 1. The maximum atomic E-state index is 12.2. The van der Waals surface area contributed by atoms with E-state index in [0.29, 0.717) is 34.4 Å². The molecule has 28 heavy (non-hydrogen) atoms. The van der Waals surface area contributed by atoms with Crippen LogP contribution in [0.15, 0.2) is 68.3 Å². The number of halogens is 1. The number of carbonyl (C=O) groups is 1. The molecule has 0 unspecified atom stereocenters. The molecule has 0 aliphatic heterocycles. The van der Waals surface area contributed by atoms with Crippen LogP contribution in [0.2, 0.25) is 5.02 Å². The first-order chi connectivity index (χ1) is 13.6. The lowest BCUT2D eigenvalue weighted by Crippen LogP contribution is -2.12. The topological polar surface area (TPSA) is 98.2 Å². The van der Waals surface area contributed by atoms with Crippen LogP contribution in [0.25, 0.3) is 22.4 Å². The molecule has 0 bridgehead atoms. The van der Waals surface area contributed by atoms with Gasteiger partial charge in [0.05, 0.1) is 0 Å². The Hall–Kier alpha value is -3.45. The van der Waals surface area contributed by atoms with Crippen LogP contribution in [0, 0.1) is 0 Å². The number of aromatic nitrogens is 2. The van der Waals surface area contributed by atoms with Gasteiger partial charge in [0.15, 0.2) is 0 Å². The second-order valence-electron chi connectivity index (χ2n) is 6.07. The summed E-state index contributed by atoms with van der Waals surface area (Å²) in [5, 5.41) is 8.07. The monoisotopic (exact) mass is 395 g/mol. The third kappa shape index (κ3) is 4.10. The van der Waals surface area contributed by atoms with Gasteiger partial charge in [0, 0.05) is 40.6 Å². The Labute approximate surface area is 163 Å². The zero-order valence-electron chi connectivity index (χ0n) is 14.5. The predicted molar refractivity (Wildman–Crippen MR) is 104 cm³/mol. The number of nitrogens with zero attached hydrogens (tertiary/aromatic N) is 2. The van der Waals surface area contributed by atoms with Crippen LogP contribution in [0.4, 0.5) is 5.69 Å². The fourth-order valence-electron chi connectivity index (χ4n) is 2.67. The molecule has 140 valence electrons. The molecule has 0 atom stereocenters. The summed E-state index contributed by atoms with van der Waals surface area (Å²) in [5.41, 5.74) is 1.44. The van der Waals surface area contributed by atoms with Crippen LogP contribution in [-0.2, 0) is 11.2 Å². The molecular weight excluding hydrogens is 382 g/mol. The normalized spacial score (nSPS) is 10.9. The molecule has 2 heterocycles. The van der Waals surface area contributed by atoms with E-state index >= 15 is 0 Å². The Balaban J connectivity index is 1.37. The van der Waals surface area contributed by atoms with Crippen LogP contribution in [0.5, 0.6) is 0 Å². The zero-order valence-corrected chi connectivity index (χ0v) is 15.3. The van der Waals surface area contributed by atoms with Crippen molar-refractivity contribution in [3.05, 3.63) is 75.9 Å². The second-order valence-corrected chi connectivity index (χ2v) is 6.51. The van der Waals surface area contributed by atoms with Gasteiger partial charge in [-0.05, 0) is 48.5 Å².